The van der Waals surface area contributed by atoms with Crippen molar-refractivity contribution in [3.05, 3.63) is 78.2 Å². The topological polar surface area (TPSA) is 84.8 Å². The molecule has 1 aliphatic rings. The van der Waals surface area contributed by atoms with Gasteiger partial charge in [0, 0.05) is 18.9 Å². The minimum absolute atomic E-state index is 0.194. The van der Waals surface area contributed by atoms with Crippen LogP contribution in [0.5, 0.6) is 5.75 Å². The van der Waals surface area contributed by atoms with Crippen LogP contribution in [0.4, 0.5) is 0 Å². The summed E-state index contributed by atoms with van der Waals surface area (Å²) in [7, 11) is 0. The van der Waals surface area contributed by atoms with Crippen molar-refractivity contribution in [3.8, 4) is 17.4 Å². The van der Waals surface area contributed by atoms with E-state index >= 15 is 0 Å². The van der Waals surface area contributed by atoms with Gasteiger partial charge in [0.1, 0.15) is 12.7 Å². The highest BCUT2D eigenvalue weighted by Crippen LogP contribution is 2.33. The highest BCUT2D eigenvalue weighted by molar-refractivity contribution is 5.86. The fraction of sp³-hybridized carbons (Fsp3) is 0.310. The van der Waals surface area contributed by atoms with Gasteiger partial charge in [-0.15, -0.1) is 10.2 Å². The maximum Gasteiger partial charge on any atom is 0.283 e. The van der Waals surface area contributed by atoms with Crippen LogP contribution in [0.1, 0.15) is 30.2 Å². The monoisotopic (exact) mass is 483 g/mol. The van der Waals surface area contributed by atoms with Crippen molar-refractivity contribution >= 4 is 21.7 Å². The second-order valence-electron chi connectivity index (χ2n) is 9.56. The highest BCUT2D eigenvalue weighted by atomic mass is 16.5. The van der Waals surface area contributed by atoms with E-state index < -0.39 is 6.10 Å². The van der Waals surface area contributed by atoms with E-state index in [0.29, 0.717) is 41.3 Å². The maximum absolute atomic E-state index is 10.7. The number of ether oxygens (including phenoxy) is 1. The molecule has 1 unspecified atom stereocenters. The molecule has 0 bridgehead atoms. The molecule has 0 amide bonds. The lowest BCUT2D eigenvalue weighted by molar-refractivity contribution is 0.0596. The molecule has 7 heteroatoms. The van der Waals surface area contributed by atoms with E-state index in [4.69, 9.17) is 13.6 Å². The molecule has 6 rings (SSSR count). The summed E-state index contributed by atoms with van der Waals surface area (Å²) in [5.74, 6) is 2.46. The lowest BCUT2D eigenvalue weighted by atomic mass is 9.88. The van der Waals surface area contributed by atoms with Crippen molar-refractivity contribution in [2.75, 3.05) is 26.2 Å². The third-order valence-corrected chi connectivity index (χ3v) is 6.98. The van der Waals surface area contributed by atoms with Crippen LogP contribution < -0.4 is 4.74 Å². The number of aliphatic hydroxyl groups excluding tert-OH is 1. The van der Waals surface area contributed by atoms with Crippen molar-refractivity contribution in [2.45, 2.75) is 31.8 Å². The van der Waals surface area contributed by atoms with Crippen LogP contribution in [0.2, 0.25) is 0 Å². The van der Waals surface area contributed by atoms with E-state index in [1.807, 2.05) is 24.3 Å². The van der Waals surface area contributed by atoms with Crippen LogP contribution in [0.3, 0.4) is 0 Å². The number of para-hydroxylation sites is 1. The number of benzene rings is 3. The number of furan rings is 1. The summed E-state index contributed by atoms with van der Waals surface area (Å²) in [5, 5.41) is 22.0. The van der Waals surface area contributed by atoms with Gasteiger partial charge in [0.2, 0.25) is 5.89 Å². The minimum Gasteiger partial charge on any atom is -0.487 e. The summed E-state index contributed by atoms with van der Waals surface area (Å²) < 4.78 is 17.4. The number of piperidine rings is 1. The number of likely N-dealkylation sites (tertiary alicyclic amines) is 1. The highest BCUT2D eigenvalue weighted by Gasteiger charge is 2.23. The van der Waals surface area contributed by atoms with Crippen molar-refractivity contribution < 1.29 is 18.7 Å². The normalized spacial score (nSPS) is 16.1. The number of aliphatic hydroxyl groups is 1. The molecule has 3 heterocycles. The fourth-order valence-electron chi connectivity index (χ4n) is 5.10. The third-order valence-electron chi connectivity index (χ3n) is 6.98. The molecular formula is C29H29N3O4. The predicted molar refractivity (Wildman–Crippen MR) is 138 cm³/mol. The SMILES string of the molecule is Cc1nnc(-c2cc3cccc(OCC(O)CN4CCC(c5ccc6ccccc6c5)CC4)c3o2)o1. The number of hydrogen-bond acceptors (Lipinski definition) is 7. The quantitative estimate of drug-likeness (QED) is 0.324. The number of hydrogen-bond donors (Lipinski definition) is 1. The Kier molecular flexibility index (Phi) is 6.17. The molecule has 0 saturated carbocycles. The summed E-state index contributed by atoms with van der Waals surface area (Å²) in [5.41, 5.74) is 2.02. The molecule has 1 atom stereocenters. The molecule has 7 nitrogen and oxygen atoms in total. The number of rotatable bonds is 7. The molecule has 3 aromatic carbocycles. The van der Waals surface area contributed by atoms with E-state index in [1.54, 1.807) is 6.92 Å². The summed E-state index contributed by atoms with van der Waals surface area (Å²) in [6.45, 7) is 4.45. The Bertz CT molecular complexity index is 1480. The van der Waals surface area contributed by atoms with Crippen molar-refractivity contribution in [2.24, 2.45) is 0 Å². The van der Waals surface area contributed by atoms with Gasteiger partial charge in [-0.05, 0) is 60.3 Å². The molecule has 36 heavy (non-hydrogen) atoms. The standard InChI is InChI=1S/C29H29N3O4/c1-19-30-31-29(35-19)27-16-24-7-4-8-26(28(24)36-27)34-18-25(33)17-32-13-11-21(12-14-32)23-10-9-20-5-2-3-6-22(20)15-23/h2-10,15-16,21,25,33H,11-14,17-18H2,1H3. The van der Waals surface area contributed by atoms with Gasteiger partial charge in [0.25, 0.3) is 5.89 Å². The van der Waals surface area contributed by atoms with Crippen LogP contribution in [-0.4, -0.2) is 52.5 Å². The van der Waals surface area contributed by atoms with Crippen LogP contribution in [0, 0.1) is 6.92 Å². The van der Waals surface area contributed by atoms with Crippen LogP contribution in [0.25, 0.3) is 33.4 Å². The first-order chi connectivity index (χ1) is 17.6. The summed E-state index contributed by atoms with van der Waals surface area (Å²) in [6, 6.07) is 22.9. The average molecular weight is 484 g/mol. The van der Waals surface area contributed by atoms with E-state index in [2.05, 4.69) is 57.6 Å². The summed E-state index contributed by atoms with van der Waals surface area (Å²) >= 11 is 0. The van der Waals surface area contributed by atoms with Crippen molar-refractivity contribution in [1.29, 1.82) is 0 Å². The lowest BCUT2D eigenvalue weighted by Crippen LogP contribution is -2.40. The molecule has 184 valence electrons. The maximum atomic E-state index is 10.7. The van der Waals surface area contributed by atoms with Crippen molar-refractivity contribution in [1.82, 2.24) is 15.1 Å². The summed E-state index contributed by atoms with van der Waals surface area (Å²) in [6.07, 6.45) is 1.59. The van der Waals surface area contributed by atoms with Gasteiger partial charge >= 0.3 is 0 Å². The van der Waals surface area contributed by atoms with E-state index in [-0.39, 0.29) is 6.61 Å². The lowest BCUT2D eigenvalue weighted by Gasteiger charge is -2.33. The molecule has 1 N–H and O–H groups in total. The second kappa shape index (κ2) is 9.76. The zero-order valence-corrected chi connectivity index (χ0v) is 20.3. The molecule has 0 spiro atoms. The summed E-state index contributed by atoms with van der Waals surface area (Å²) in [4.78, 5) is 2.33. The molecule has 5 aromatic rings. The van der Waals surface area contributed by atoms with Gasteiger partial charge in [0.15, 0.2) is 17.1 Å². The van der Waals surface area contributed by atoms with Gasteiger partial charge in [-0.1, -0.05) is 54.6 Å². The molecule has 1 aliphatic heterocycles. The molecule has 0 radical (unpaired) electrons. The first-order valence-electron chi connectivity index (χ1n) is 12.5. The average Bonchev–Trinajstić information content (AvgIpc) is 3.54. The molecule has 0 aliphatic carbocycles. The van der Waals surface area contributed by atoms with E-state index in [0.717, 1.165) is 31.3 Å². The zero-order chi connectivity index (χ0) is 24.5. The Morgan fingerprint density at radius 1 is 0.944 bits per heavy atom. The Morgan fingerprint density at radius 2 is 1.75 bits per heavy atom. The first-order valence-corrected chi connectivity index (χ1v) is 12.5. The van der Waals surface area contributed by atoms with Crippen LogP contribution >= 0.6 is 0 Å². The fourth-order valence-corrected chi connectivity index (χ4v) is 5.10. The van der Waals surface area contributed by atoms with Crippen LogP contribution in [-0.2, 0) is 0 Å². The molecule has 1 fully saturated rings. The first kappa shape index (κ1) is 22.8. The van der Waals surface area contributed by atoms with Gasteiger partial charge in [-0.2, -0.15) is 0 Å². The minimum atomic E-state index is -0.592. The van der Waals surface area contributed by atoms with E-state index in [1.165, 1.54) is 16.3 Å². The third kappa shape index (κ3) is 4.72. The van der Waals surface area contributed by atoms with Gasteiger partial charge in [-0.3, -0.25) is 0 Å². The molecule has 2 aromatic heterocycles. The Labute approximate surface area is 209 Å². The van der Waals surface area contributed by atoms with Gasteiger partial charge in [0.05, 0.1) is 0 Å². The number of nitrogens with zero attached hydrogens (tertiary/aromatic N) is 3. The molecule has 1 saturated heterocycles. The zero-order valence-electron chi connectivity index (χ0n) is 20.3. The molecular weight excluding hydrogens is 454 g/mol. The number of fused-ring (bicyclic) bond motifs is 2. The van der Waals surface area contributed by atoms with E-state index in [9.17, 15) is 5.11 Å². The van der Waals surface area contributed by atoms with Gasteiger partial charge in [-0.25, -0.2) is 0 Å². The van der Waals surface area contributed by atoms with Crippen LogP contribution in [0.15, 0.2) is 75.6 Å². The van der Waals surface area contributed by atoms with Crippen molar-refractivity contribution in [3.63, 3.8) is 0 Å². The Morgan fingerprint density at radius 3 is 2.56 bits per heavy atom. The number of β-amino-alcohol motifs (C(OH)–C–C–N with tert-alkyl or cyclic N) is 1. The number of aryl methyl sites for hydroxylation is 1. The largest absolute Gasteiger partial charge is 0.487 e. The Hall–Kier alpha value is -3.68. The predicted octanol–water partition coefficient (Wildman–Crippen LogP) is 5.56. The second-order valence-corrected chi connectivity index (χ2v) is 9.56. The Balaban J connectivity index is 1.04. The smallest absolute Gasteiger partial charge is 0.283 e. The number of aromatic nitrogens is 2. The van der Waals surface area contributed by atoms with Gasteiger partial charge < -0.3 is 23.6 Å².